The number of nitrogens with zero attached hydrogens (tertiary/aromatic N) is 4. The number of carbonyl (C=O) groups is 1. The number of carbonyl (C=O) groups excluding carboxylic acids is 1. The van der Waals surface area contributed by atoms with Gasteiger partial charge in [-0.15, -0.1) is 5.10 Å². The highest BCUT2D eigenvalue weighted by Gasteiger charge is 2.23. The largest absolute Gasteiger partial charge is 0.457 e. The lowest BCUT2D eigenvalue weighted by Crippen LogP contribution is -2.17. The molecule has 0 amide bonds. The van der Waals surface area contributed by atoms with Gasteiger partial charge in [-0.25, -0.2) is 14.5 Å². The Morgan fingerprint density at radius 2 is 2.11 bits per heavy atom. The lowest BCUT2D eigenvalue weighted by molar-refractivity contribution is 0.0535. The molecule has 1 aliphatic heterocycles. The molecule has 7 heteroatoms. The molecule has 4 rings (SSSR count). The van der Waals surface area contributed by atoms with E-state index in [1.54, 1.807) is 4.68 Å². The summed E-state index contributed by atoms with van der Waals surface area (Å²) < 4.78 is 6.78. The molecule has 2 aromatic heterocycles. The van der Waals surface area contributed by atoms with Crippen LogP contribution < -0.4 is 5.32 Å². The summed E-state index contributed by atoms with van der Waals surface area (Å²) in [5, 5.41) is 11.4. The molecule has 3 heterocycles. The second-order valence-electron chi connectivity index (χ2n) is 6.71. The summed E-state index contributed by atoms with van der Waals surface area (Å²) in [5.41, 5.74) is 6.11. The van der Waals surface area contributed by atoms with Gasteiger partial charge in [0.15, 0.2) is 5.82 Å². The number of ether oxygens (including phenoxy) is 1. The predicted molar refractivity (Wildman–Crippen MR) is 99.6 cm³/mol. The number of pyridine rings is 1. The van der Waals surface area contributed by atoms with Crippen molar-refractivity contribution in [2.24, 2.45) is 0 Å². The minimum atomic E-state index is -0.213. The molecule has 0 radical (unpaired) electrons. The molecule has 1 aromatic carbocycles. The standard InChI is InChI=1S/C20H21N5O2/c1-13-11-25(24-23-13)19-6-3-15(10-22-19)9-21-8-7-16-4-5-17-18(14(16)2)12-27-20(17)26/h3-6,10-11,21H,7-9,12H2,1-2H3. The van der Waals surface area contributed by atoms with Crippen molar-refractivity contribution in [3.8, 4) is 5.82 Å². The van der Waals surface area contributed by atoms with Gasteiger partial charge in [-0.05, 0) is 55.6 Å². The summed E-state index contributed by atoms with van der Waals surface area (Å²) in [6, 6.07) is 7.88. The molecule has 7 nitrogen and oxygen atoms in total. The Morgan fingerprint density at radius 1 is 1.22 bits per heavy atom. The number of rotatable bonds is 6. The van der Waals surface area contributed by atoms with Crippen molar-refractivity contribution in [3.05, 3.63) is 70.2 Å². The normalized spacial score (nSPS) is 12.9. The molecule has 0 fully saturated rings. The van der Waals surface area contributed by atoms with Crippen LogP contribution in [0.5, 0.6) is 0 Å². The van der Waals surface area contributed by atoms with Crippen molar-refractivity contribution in [3.63, 3.8) is 0 Å². The van der Waals surface area contributed by atoms with E-state index in [2.05, 4.69) is 27.5 Å². The van der Waals surface area contributed by atoms with E-state index in [0.29, 0.717) is 12.2 Å². The Morgan fingerprint density at radius 3 is 2.85 bits per heavy atom. The van der Waals surface area contributed by atoms with E-state index in [0.717, 1.165) is 47.7 Å². The van der Waals surface area contributed by atoms with Crippen LogP contribution in [0.3, 0.4) is 0 Å². The molecule has 0 atom stereocenters. The van der Waals surface area contributed by atoms with Crippen molar-refractivity contribution < 1.29 is 9.53 Å². The van der Waals surface area contributed by atoms with Gasteiger partial charge in [-0.2, -0.15) is 0 Å². The molecule has 3 aromatic rings. The minimum Gasteiger partial charge on any atom is -0.457 e. The molecule has 27 heavy (non-hydrogen) atoms. The molecule has 1 N–H and O–H groups in total. The van der Waals surface area contributed by atoms with Crippen LogP contribution in [0.4, 0.5) is 0 Å². The Hall–Kier alpha value is -3.06. The van der Waals surface area contributed by atoms with E-state index in [9.17, 15) is 4.79 Å². The third-order valence-corrected chi connectivity index (χ3v) is 4.83. The summed E-state index contributed by atoms with van der Waals surface area (Å²) in [6.45, 7) is 5.94. The van der Waals surface area contributed by atoms with Gasteiger partial charge in [0.1, 0.15) is 6.61 Å². The van der Waals surface area contributed by atoms with Gasteiger partial charge in [0.25, 0.3) is 0 Å². The summed E-state index contributed by atoms with van der Waals surface area (Å²) >= 11 is 0. The molecular weight excluding hydrogens is 342 g/mol. The third-order valence-electron chi connectivity index (χ3n) is 4.83. The number of cyclic esters (lactones) is 1. The number of aryl methyl sites for hydroxylation is 1. The van der Waals surface area contributed by atoms with Crippen LogP contribution in [0.15, 0.2) is 36.7 Å². The number of benzene rings is 1. The number of esters is 1. The SMILES string of the molecule is Cc1cn(-c2ccc(CNCCc3ccc4c(c3C)COC4=O)cn2)nn1. The smallest absolute Gasteiger partial charge is 0.338 e. The van der Waals surface area contributed by atoms with Gasteiger partial charge in [0, 0.05) is 18.3 Å². The second-order valence-corrected chi connectivity index (χ2v) is 6.71. The van der Waals surface area contributed by atoms with Gasteiger partial charge >= 0.3 is 5.97 Å². The highest BCUT2D eigenvalue weighted by molar-refractivity contribution is 5.93. The first-order valence-electron chi connectivity index (χ1n) is 8.95. The first kappa shape index (κ1) is 17.4. The van der Waals surface area contributed by atoms with Crippen LogP contribution in [0.1, 0.15) is 38.3 Å². The zero-order valence-electron chi connectivity index (χ0n) is 15.4. The van der Waals surface area contributed by atoms with Crippen LogP contribution >= 0.6 is 0 Å². The summed E-state index contributed by atoms with van der Waals surface area (Å²) in [5.74, 6) is 0.541. The topological polar surface area (TPSA) is 81.9 Å². The maximum atomic E-state index is 11.6. The van der Waals surface area contributed by atoms with E-state index in [1.807, 2.05) is 43.6 Å². The molecule has 1 aliphatic rings. The average molecular weight is 363 g/mol. The Kier molecular flexibility index (Phi) is 4.68. The lowest BCUT2D eigenvalue weighted by Gasteiger charge is -2.10. The minimum absolute atomic E-state index is 0.213. The average Bonchev–Trinajstić information content (AvgIpc) is 3.27. The fraction of sp³-hybridized carbons (Fsp3) is 0.300. The Balaban J connectivity index is 1.31. The number of hydrogen-bond acceptors (Lipinski definition) is 6. The molecule has 0 saturated heterocycles. The number of aromatic nitrogens is 4. The molecule has 0 bridgehead atoms. The summed E-state index contributed by atoms with van der Waals surface area (Å²) in [4.78, 5) is 16.0. The molecule has 0 spiro atoms. The zero-order valence-corrected chi connectivity index (χ0v) is 15.4. The Labute approximate surface area is 157 Å². The lowest BCUT2D eigenvalue weighted by atomic mass is 9.97. The highest BCUT2D eigenvalue weighted by Crippen LogP contribution is 2.25. The second kappa shape index (κ2) is 7.28. The number of fused-ring (bicyclic) bond motifs is 1. The van der Waals surface area contributed by atoms with Crippen LogP contribution in [0.2, 0.25) is 0 Å². The molecule has 138 valence electrons. The molecule has 0 unspecified atom stereocenters. The van der Waals surface area contributed by atoms with Crippen LogP contribution in [-0.2, 0) is 24.3 Å². The van der Waals surface area contributed by atoms with E-state index in [4.69, 9.17) is 4.74 Å². The number of nitrogens with one attached hydrogen (secondary N) is 1. The number of hydrogen-bond donors (Lipinski definition) is 1. The van der Waals surface area contributed by atoms with Crippen LogP contribution in [0, 0.1) is 13.8 Å². The quantitative estimate of drug-likeness (QED) is 0.534. The van der Waals surface area contributed by atoms with E-state index in [-0.39, 0.29) is 5.97 Å². The van der Waals surface area contributed by atoms with Crippen LogP contribution in [0.25, 0.3) is 5.82 Å². The summed E-state index contributed by atoms with van der Waals surface area (Å²) in [7, 11) is 0. The summed E-state index contributed by atoms with van der Waals surface area (Å²) in [6.07, 6.45) is 4.60. The Bertz CT molecular complexity index is 979. The maximum absolute atomic E-state index is 11.6. The van der Waals surface area contributed by atoms with Crippen LogP contribution in [-0.4, -0.2) is 32.5 Å². The first-order chi connectivity index (χ1) is 13.1. The van der Waals surface area contributed by atoms with E-state index >= 15 is 0 Å². The van der Waals surface area contributed by atoms with Crippen molar-refractivity contribution in [1.29, 1.82) is 0 Å². The first-order valence-corrected chi connectivity index (χ1v) is 8.95. The third kappa shape index (κ3) is 3.59. The van der Waals surface area contributed by atoms with Gasteiger partial charge in [-0.1, -0.05) is 17.3 Å². The maximum Gasteiger partial charge on any atom is 0.338 e. The predicted octanol–water partition coefficient (Wildman–Crippen LogP) is 2.28. The van der Waals surface area contributed by atoms with E-state index in [1.165, 1.54) is 5.56 Å². The fourth-order valence-electron chi connectivity index (χ4n) is 3.24. The monoisotopic (exact) mass is 363 g/mol. The van der Waals surface area contributed by atoms with Crippen molar-refractivity contribution in [2.75, 3.05) is 6.54 Å². The van der Waals surface area contributed by atoms with Gasteiger partial charge in [-0.3, -0.25) is 0 Å². The van der Waals surface area contributed by atoms with Crippen molar-refractivity contribution in [2.45, 2.75) is 33.4 Å². The molecule has 0 aliphatic carbocycles. The zero-order chi connectivity index (χ0) is 18.8. The van der Waals surface area contributed by atoms with Crippen molar-refractivity contribution >= 4 is 5.97 Å². The molecule has 0 saturated carbocycles. The molecular formula is C20H21N5O2. The van der Waals surface area contributed by atoms with Gasteiger partial charge < -0.3 is 10.1 Å². The van der Waals surface area contributed by atoms with Gasteiger partial charge in [0.2, 0.25) is 0 Å². The highest BCUT2D eigenvalue weighted by atomic mass is 16.5. The van der Waals surface area contributed by atoms with Gasteiger partial charge in [0.05, 0.1) is 17.5 Å². The fourth-order valence-corrected chi connectivity index (χ4v) is 3.24. The van der Waals surface area contributed by atoms with E-state index < -0.39 is 0 Å². The van der Waals surface area contributed by atoms with Crippen molar-refractivity contribution in [1.82, 2.24) is 25.3 Å².